The van der Waals surface area contributed by atoms with Crippen LogP contribution in [-0.4, -0.2) is 6.71 Å². The van der Waals surface area contributed by atoms with E-state index >= 15 is 0 Å². The fraction of sp³-hybridized carbons (Fsp3) is 0.194. The second kappa shape index (κ2) is 14.9. The van der Waals surface area contributed by atoms with Crippen LogP contribution in [-0.2, 0) is 10.8 Å². The summed E-state index contributed by atoms with van der Waals surface area (Å²) in [6, 6.07) is 51.8. The second-order valence-corrected chi connectivity index (χ2v) is 23.7. The maximum absolute atomic E-state index is 6.49. The number of hydrogen-bond acceptors (Lipinski definition) is 6. The molecule has 0 saturated carbocycles. The number of hydrogen-bond donors (Lipinski definition) is 0. The van der Waals surface area contributed by atoms with Crippen LogP contribution >= 0.6 is 22.7 Å². The molecule has 13 rings (SSSR count). The first kappa shape index (κ1) is 42.3. The summed E-state index contributed by atoms with van der Waals surface area (Å²) in [7, 11) is 0. The first-order valence-electron chi connectivity index (χ1n) is 24.2. The highest BCUT2D eigenvalue weighted by atomic mass is 32.1. The molecular weight excluding hydrogens is 880 g/mol. The molecule has 4 nitrogen and oxygen atoms in total. The summed E-state index contributed by atoms with van der Waals surface area (Å²) in [6.07, 6.45) is 0. The third-order valence-corrected chi connectivity index (χ3v) is 17.2. The van der Waals surface area contributed by atoms with Crippen molar-refractivity contribution in [2.24, 2.45) is 0 Å². The van der Waals surface area contributed by atoms with E-state index < -0.39 is 0 Å². The molecule has 0 fully saturated rings. The van der Waals surface area contributed by atoms with Crippen molar-refractivity contribution < 1.29 is 8.83 Å². The zero-order valence-corrected chi connectivity index (χ0v) is 42.5. The highest BCUT2D eigenvalue weighted by molar-refractivity contribution is 7.40. The molecular formula is C62H53BN2O2S2. The number of benzene rings is 7. The molecule has 11 aromatic rings. The molecule has 7 heteroatoms. The van der Waals surface area contributed by atoms with Crippen LogP contribution in [0.25, 0.3) is 64.8 Å². The first-order valence-corrected chi connectivity index (χ1v) is 25.8. The minimum atomic E-state index is -0.0158. The van der Waals surface area contributed by atoms with Gasteiger partial charge in [-0.25, -0.2) is 0 Å². The van der Waals surface area contributed by atoms with E-state index in [0.717, 1.165) is 44.6 Å². The van der Waals surface area contributed by atoms with Gasteiger partial charge >= 0.3 is 0 Å². The number of aryl methyl sites for hydroxylation is 4. The van der Waals surface area contributed by atoms with Crippen LogP contribution in [0.4, 0.5) is 34.1 Å². The normalized spacial score (nSPS) is 13.6. The number of thiophene rings is 2. The van der Waals surface area contributed by atoms with Crippen LogP contribution in [0.1, 0.15) is 74.9 Å². The molecule has 69 heavy (non-hydrogen) atoms. The van der Waals surface area contributed by atoms with Crippen LogP contribution in [0.2, 0.25) is 0 Å². The molecule has 0 bridgehead atoms. The van der Waals surface area contributed by atoms with Crippen molar-refractivity contribution in [3.8, 4) is 22.6 Å². The van der Waals surface area contributed by atoms with E-state index in [2.05, 4.69) is 206 Å². The van der Waals surface area contributed by atoms with Gasteiger partial charge in [0, 0.05) is 63.0 Å². The van der Waals surface area contributed by atoms with Crippen molar-refractivity contribution in [3.05, 3.63) is 173 Å². The van der Waals surface area contributed by atoms with Crippen LogP contribution < -0.4 is 24.8 Å². The summed E-state index contributed by atoms with van der Waals surface area (Å²) < 4.78 is 18.4. The maximum atomic E-state index is 6.49. The molecule has 0 saturated heterocycles. The minimum absolute atomic E-state index is 0.0158. The Morgan fingerprint density at radius 3 is 1.23 bits per heavy atom. The summed E-state index contributed by atoms with van der Waals surface area (Å²) in [5.74, 6) is 1.78. The lowest BCUT2D eigenvalue weighted by Crippen LogP contribution is -2.59. The van der Waals surface area contributed by atoms with Crippen molar-refractivity contribution >= 4 is 121 Å². The van der Waals surface area contributed by atoms with E-state index in [1.165, 1.54) is 103 Å². The number of anilines is 6. The molecule has 2 aliphatic rings. The maximum Gasteiger partial charge on any atom is 0.277 e. The Balaban J connectivity index is 1.09. The van der Waals surface area contributed by atoms with Gasteiger partial charge in [0.1, 0.15) is 22.7 Å². The largest absolute Gasteiger partial charge is 0.456 e. The fourth-order valence-electron chi connectivity index (χ4n) is 11.5. The molecule has 0 N–H and O–H groups in total. The van der Waals surface area contributed by atoms with Crippen molar-refractivity contribution in [1.29, 1.82) is 0 Å². The third-order valence-electron chi connectivity index (χ3n) is 14.8. The zero-order valence-electron chi connectivity index (χ0n) is 40.9. The number of rotatable bonds is 4. The molecule has 0 spiro atoms. The van der Waals surface area contributed by atoms with Gasteiger partial charge in [-0.1, -0.05) is 96.1 Å². The molecule has 7 aromatic carbocycles. The van der Waals surface area contributed by atoms with Crippen LogP contribution in [0.3, 0.4) is 0 Å². The molecule has 0 radical (unpaired) electrons. The van der Waals surface area contributed by atoms with E-state index in [1.807, 2.05) is 34.8 Å². The Morgan fingerprint density at radius 2 is 0.841 bits per heavy atom. The van der Waals surface area contributed by atoms with E-state index in [0.29, 0.717) is 0 Å². The Labute approximate surface area is 412 Å². The van der Waals surface area contributed by atoms with Crippen molar-refractivity contribution in [1.82, 2.24) is 0 Å². The molecule has 4 aromatic heterocycles. The van der Waals surface area contributed by atoms with E-state index in [1.54, 1.807) is 0 Å². The molecule has 2 aliphatic heterocycles. The van der Waals surface area contributed by atoms with Gasteiger partial charge in [0.15, 0.2) is 0 Å². The van der Waals surface area contributed by atoms with Crippen LogP contribution in [0.5, 0.6) is 0 Å². The lowest BCUT2D eigenvalue weighted by molar-refractivity contribution is 0.591. The zero-order chi connectivity index (χ0) is 47.4. The van der Waals surface area contributed by atoms with Gasteiger partial charge in [-0.15, -0.1) is 22.7 Å². The van der Waals surface area contributed by atoms with Gasteiger partial charge in [-0.2, -0.15) is 0 Å². The number of fused-ring (bicyclic) bond motifs is 10. The van der Waals surface area contributed by atoms with E-state index in [4.69, 9.17) is 8.83 Å². The molecule has 338 valence electrons. The lowest BCUT2D eigenvalue weighted by atomic mass is 9.39. The van der Waals surface area contributed by atoms with Gasteiger partial charge in [-0.05, 0) is 162 Å². The van der Waals surface area contributed by atoms with Crippen molar-refractivity contribution in [3.63, 3.8) is 0 Å². The fourth-order valence-corrected chi connectivity index (χ4v) is 14.1. The summed E-state index contributed by atoms with van der Waals surface area (Å²) in [5, 5.41) is 4.85. The van der Waals surface area contributed by atoms with Crippen molar-refractivity contribution in [2.45, 2.75) is 80.1 Å². The van der Waals surface area contributed by atoms with Gasteiger partial charge in [0.05, 0.1) is 22.7 Å². The van der Waals surface area contributed by atoms with Gasteiger partial charge in [0.25, 0.3) is 6.71 Å². The Hall–Kier alpha value is -6.80. The molecule has 0 amide bonds. The molecule has 0 unspecified atom stereocenters. The highest BCUT2D eigenvalue weighted by Gasteiger charge is 2.48. The second-order valence-electron chi connectivity index (χ2n) is 21.6. The van der Waals surface area contributed by atoms with E-state index in [9.17, 15) is 0 Å². The standard InChI is InChI=1S/C62H53BN2O2S2/c1-34-26-40(50-30-38-16-11-13-20-48(38)66-50)27-35(2)55(34)64-46-18-15-19-47-54(46)63(59-57(64)44-32-42(61(5,6)7)22-24-52(44)68-59)60-58(45-33-43(62(8,9)10)23-25-53(45)69-60)65(47)56-36(3)28-41(29-37(56)4)51-31-39-17-12-14-21-49(39)67-51/h11-33H,1-10H3. The summed E-state index contributed by atoms with van der Waals surface area (Å²) >= 11 is 3.95. The SMILES string of the molecule is Cc1cc(-c2cc3ccccc3o2)cc(C)c1N1c2cccc3c2B(c2sc4ccc(C(C)(C)C)cc4c21)c1sc2ccc(C(C)(C)C)cc2c1N3c1c(C)cc(-c2cc3ccccc3o2)cc1C. The highest BCUT2D eigenvalue weighted by Crippen LogP contribution is 2.53. The first-order chi connectivity index (χ1) is 33.1. The lowest BCUT2D eigenvalue weighted by Gasteiger charge is -2.43. The Bertz CT molecular complexity index is 3600. The molecule has 0 atom stereocenters. The van der Waals surface area contributed by atoms with Gasteiger partial charge in [0.2, 0.25) is 0 Å². The van der Waals surface area contributed by atoms with Gasteiger partial charge < -0.3 is 18.6 Å². The molecule has 6 heterocycles. The third kappa shape index (κ3) is 6.39. The predicted octanol–water partition coefficient (Wildman–Crippen LogP) is 16.9. The molecule has 0 aliphatic carbocycles. The van der Waals surface area contributed by atoms with Crippen LogP contribution in [0, 0.1) is 27.7 Å². The number of para-hydroxylation sites is 2. The monoisotopic (exact) mass is 932 g/mol. The summed E-state index contributed by atoms with van der Waals surface area (Å²) in [6.45, 7) is 23.1. The van der Waals surface area contributed by atoms with Crippen molar-refractivity contribution in [2.75, 3.05) is 9.80 Å². The average molecular weight is 933 g/mol. The smallest absolute Gasteiger partial charge is 0.277 e. The Morgan fingerprint density at radius 1 is 0.435 bits per heavy atom. The van der Waals surface area contributed by atoms with E-state index in [-0.39, 0.29) is 17.5 Å². The minimum Gasteiger partial charge on any atom is -0.456 e. The number of furan rings is 2. The summed E-state index contributed by atoms with van der Waals surface area (Å²) in [4.78, 5) is 5.28. The number of nitrogens with zero attached hydrogens (tertiary/aromatic N) is 2. The van der Waals surface area contributed by atoms with Crippen LogP contribution in [0.15, 0.2) is 148 Å². The van der Waals surface area contributed by atoms with Gasteiger partial charge in [-0.3, -0.25) is 0 Å². The predicted molar refractivity (Wildman–Crippen MR) is 298 cm³/mol. The topological polar surface area (TPSA) is 32.8 Å². The Kier molecular flexibility index (Phi) is 9.11. The summed E-state index contributed by atoms with van der Waals surface area (Å²) in [5.41, 5.74) is 20.3. The average Bonchev–Trinajstić information content (AvgIpc) is 4.11. The quantitative estimate of drug-likeness (QED) is 0.165.